The third-order valence-corrected chi connectivity index (χ3v) is 4.10. The largest absolute Gasteiger partial charge is 0.619 e. The highest BCUT2D eigenvalue weighted by molar-refractivity contribution is 6.03. The van der Waals surface area contributed by atoms with Gasteiger partial charge in [0.15, 0.2) is 12.4 Å². The Morgan fingerprint density at radius 1 is 1.21 bits per heavy atom. The highest BCUT2D eigenvalue weighted by Crippen LogP contribution is 2.25. The van der Waals surface area contributed by atoms with Crippen molar-refractivity contribution in [1.82, 2.24) is 0 Å². The number of aliphatic hydroxyl groups is 1. The summed E-state index contributed by atoms with van der Waals surface area (Å²) in [7, 11) is 0. The second kappa shape index (κ2) is 7.31. The topological polar surface area (TPSA) is 85.5 Å². The van der Waals surface area contributed by atoms with Crippen molar-refractivity contribution in [2.24, 2.45) is 0 Å². The quantitative estimate of drug-likeness (QED) is 0.666. The molecule has 6 heteroatoms. The van der Waals surface area contributed by atoms with Crippen molar-refractivity contribution < 1.29 is 19.4 Å². The average Bonchev–Trinajstić information content (AvgIpc) is 2.58. The number of pyridine rings is 1. The van der Waals surface area contributed by atoms with Crippen LogP contribution in [0, 0.1) is 5.21 Å². The van der Waals surface area contributed by atoms with Crippen molar-refractivity contribution >= 4 is 11.6 Å². The first-order chi connectivity index (χ1) is 11.6. The number of nitrogens with zero attached hydrogens (tertiary/aromatic N) is 1. The van der Waals surface area contributed by atoms with E-state index in [1.165, 1.54) is 18.5 Å². The van der Waals surface area contributed by atoms with Crippen LogP contribution < -0.4 is 14.8 Å². The SMILES string of the molecule is O=C(Nc1ccc(OC2CCCCC2O)cc1)c1ccc[n+]([O-])c1. The third-order valence-electron chi connectivity index (χ3n) is 4.10. The molecule has 6 nitrogen and oxygen atoms in total. The molecule has 1 aliphatic rings. The molecule has 2 atom stereocenters. The Labute approximate surface area is 140 Å². The molecule has 1 fully saturated rings. The molecular formula is C18H20N2O4. The molecule has 0 bridgehead atoms. The van der Waals surface area contributed by atoms with Crippen LogP contribution in [0.1, 0.15) is 36.0 Å². The Morgan fingerprint density at radius 3 is 2.67 bits per heavy atom. The number of hydrogen-bond donors (Lipinski definition) is 2. The summed E-state index contributed by atoms with van der Waals surface area (Å²) in [6, 6.07) is 10.1. The number of hydrogen-bond acceptors (Lipinski definition) is 4. The molecule has 2 aromatic rings. The van der Waals surface area contributed by atoms with Crippen LogP contribution in [0.2, 0.25) is 0 Å². The Bertz CT molecular complexity index is 702. The van der Waals surface area contributed by atoms with Gasteiger partial charge in [0.25, 0.3) is 5.91 Å². The molecule has 1 heterocycles. The van der Waals surface area contributed by atoms with E-state index in [1.807, 2.05) is 0 Å². The van der Waals surface area contributed by atoms with Crippen LogP contribution in [-0.4, -0.2) is 23.2 Å². The zero-order chi connectivity index (χ0) is 16.9. The molecule has 1 aromatic carbocycles. The van der Waals surface area contributed by atoms with E-state index in [0.29, 0.717) is 16.2 Å². The van der Waals surface area contributed by atoms with Gasteiger partial charge in [-0.2, -0.15) is 4.73 Å². The minimum Gasteiger partial charge on any atom is -0.619 e. The van der Waals surface area contributed by atoms with E-state index in [0.717, 1.165) is 25.7 Å². The highest BCUT2D eigenvalue weighted by atomic mass is 16.5. The Morgan fingerprint density at radius 2 is 1.96 bits per heavy atom. The van der Waals surface area contributed by atoms with E-state index in [2.05, 4.69) is 5.32 Å². The molecule has 126 valence electrons. The minimum atomic E-state index is -0.421. The molecule has 0 radical (unpaired) electrons. The molecular weight excluding hydrogens is 308 g/mol. The van der Waals surface area contributed by atoms with Gasteiger partial charge in [0.05, 0.1) is 6.10 Å². The Balaban J connectivity index is 1.61. The van der Waals surface area contributed by atoms with Crippen molar-refractivity contribution in [3.63, 3.8) is 0 Å². The van der Waals surface area contributed by atoms with Crippen molar-refractivity contribution in [3.8, 4) is 5.75 Å². The molecule has 2 N–H and O–H groups in total. The Hall–Kier alpha value is -2.60. The standard InChI is InChI=1S/C18H20N2O4/c21-16-5-1-2-6-17(16)24-15-9-7-14(8-10-15)19-18(22)13-4-3-11-20(23)12-13/h3-4,7-12,16-17,21H,1-2,5-6H2,(H,19,22). The number of rotatable bonds is 4. The number of aliphatic hydroxyl groups excluding tert-OH is 1. The second-order valence-corrected chi connectivity index (χ2v) is 5.94. The Kier molecular flexibility index (Phi) is 4.96. The summed E-state index contributed by atoms with van der Waals surface area (Å²) in [5, 5.41) is 23.9. The molecule has 24 heavy (non-hydrogen) atoms. The molecule has 1 aliphatic carbocycles. The van der Waals surface area contributed by atoms with Gasteiger partial charge >= 0.3 is 0 Å². The maximum absolute atomic E-state index is 12.1. The number of nitrogens with one attached hydrogen (secondary N) is 1. The summed E-state index contributed by atoms with van der Waals surface area (Å²) in [5.74, 6) is 0.313. The summed E-state index contributed by atoms with van der Waals surface area (Å²) < 4.78 is 6.41. The highest BCUT2D eigenvalue weighted by Gasteiger charge is 2.24. The van der Waals surface area contributed by atoms with Crippen LogP contribution >= 0.6 is 0 Å². The van der Waals surface area contributed by atoms with Crippen molar-refractivity contribution in [3.05, 3.63) is 59.6 Å². The van der Waals surface area contributed by atoms with E-state index < -0.39 is 6.10 Å². The van der Waals surface area contributed by atoms with Crippen LogP contribution in [0.4, 0.5) is 5.69 Å². The first kappa shape index (κ1) is 16.3. The summed E-state index contributed by atoms with van der Waals surface area (Å²) in [4.78, 5) is 12.1. The van der Waals surface area contributed by atoms with Gasteiger partial charge in [-0.1, -0.05) is 6.42 Å². The molecule has 1 aromatic heterocycles. The fraction of sp³-hybridized carbons (Fsp3) is 0.333. The van der Waals surface area contributed by atoms with Gasteiger partial charge in [-0.15, -0.1) is 0 Å². The lowest BCUT2D eigenvalue weighted by Gasteiger charge is -2.28. The van der Waals surface area contributed by atoms with E-state index >= 15 is 0 Å². The lowest BCUT2D eigenvalue weighted by atomic mass is 9.95. The summed E-state index contributed by atoms with van der Waals surface area (Å²) in [6.07, 6.45) is 5.67. The molecule has 0 saturated heterocycles. The fourth-order valence-corrected chi connectivity index (χ4v) is 2.80. The number of ether oxygens (including phenoxy) is 1. The summed E-state index contributed by atoms with van der Waals surface area (Å²) in [5.41, 5.74) is 0.899. The number of anilines is 1. The van der Waals surface area contributed by atoms with E-state index in [1.54, 1.807) is 30.3 Å². The van der Waals surface area contributed by atoms with Crippen LogP contribution in [0.3, 0.4) is 0 Å². The second-order valence-electron chi connectivity index (χ2n) is 5.94. The number of aromatic nitrogens is 1. The first-order valence-corrected chi connectivity index (χ1v) is 8.07. The molecule has 1 saturated carbocycles. The van der Waals surface area contributed by atoms with Gasteiger partial charge in [0.2, 0.25) is 0 Å². The van der Waals surface area contributed by atoms with E-state index in [-0.39, 0.29) is 17.6 Å². The number of carbonyl (C=O) groups is 1. The summed E-state index contributed by atoms with van der Waals surface area (Å²) in [6.45, 7) is 0. The zero-order valence-corrected chi connectivity index (χ0v) is 13.2. The van der Waals surface area contributed by atoms with Gasteiger partial charge in [-0.25, -0.2) is 0 Å². The lowest BCUT2D eigenvalue weighted by molar-refractivity contribution is -0.605. The van der Waals surface area contributed by atoms with Crippen molar-refractivity contribution in [2.75, 3.05) is 5.32 Å². The van der Waals surface area contributed by atoms with Crippen LogP contribution in [0.5, 0.6) is 5.75 Å². The van der Waals surface area contributed by atoms with Crippen LogP contribution in [-0.2, 0) is 0 Å². The molecule has 0 aliphatic heterocycles. The van der Waals surface area contributed by atoms with E-state index in [4.69, 9.17) is 4.74 Å². The fourth-order valence-electron chi connectivity index (χ4n) is 2.80. The van der Waals surface area contributed by atoms with Gasteiger partial charge in [0.1, 0.15) is 17.4 Å². The van der Waals surface area contributed by atoms with Crippen LogP contribution in [0.25, 0.3) is 0 Å². The summed E-state index contributed by atoms with van der Waals surface area (Å²) >= 11 is 0. The zero-order valence-electron chi connectivity index (χ0n) is 13.2. The van der Waals surface area contributed by atoms with Crippen molar-refractivity contribution in [1.29, 1.82) is 0 Å². The van der Waals surface area contributed by atoms with Gasteiger partial charge in [-0.3, -0.25) is 4.79 Å². The van der Waals surface area contributed by atoms with Crippen molar-refractivity contribution in [2.45, 2.75) is 37.9 Å². The van der Waals surface area contributed by atoms with E-state index in [9.17, 15) is 15.1 Å². The van der Waals surface area contributed by atoms with Gasteiger partial charge in [-0.05, 0) is 49.6 Å². The number of carbonyl (C=O) groups excluding carboxylic acids is 1. The monoisotopic (exact) mass is 328 g/mol. The predicted molar refractivity (Wildman–Crippen MR) is 88.7 cm³/mol. The molecule has 3 rings (SSSR count). The predicted octanol–water partition coefficient (Wildman–Crippen LogP) is 2.25. The molecule has 0 spiro atoms. The average molecular weight is 328 g/mol. The third kappa shape index (κ3) is 4.02. The van der Waals surface area contributed by atoms with Gasteiger partial charge in [0, 0.05) is 11.8 Å². The smallest absolute Gasteiger partial charge is 0.261 e. The number of amides is 1. The maximum atomic E-state index is 12.1. The van der Waals surface area contributed by atoms with Gasteiger partial charge < -0.3 is 20.4 Å². The number of benzene rings is 1. The lowest BCUT2D eigenvalue weighted by Crippen LogP contribution is -2.34. The normalized spacial score (nSPS) is 20.4. The maximum Gasteiger partial charge on any atom is 0.261 e. The first-order valence-electron chi connectivity index (χ1n) is 8.07. The molecule has 1 amide bonds. The van der Waals surface area contributed by atoms with Crippen LogP contribution in [0.15, 0.2) is 48.8 Å². The minimum absolute atomic E-state index is 0.170. The molecule has 2 unspecified atom stereocenters.